The number of rotatable bonds is 1. The van der Waals surface area contributed by atoms with Crippen molar-refractivity contribution in [3.8, 4) is 0 Å². The average Bonchev–Trinajstić information content (AvgIpc) is 2.49. The van der Waals surface area contributed by atoms with Gasteiger partial charge in [-0.1, -0.05) is 49.5 Å². The first-order chi connectivity index (χ1) is 6.27. The lowest BCUT2D eigenvalue weighted by molar-refractivity contribution is 0.615. The van der Waals surface area contributed by atoms with Gasteiger partial charge < -0.3 is 5.32 Å². The summed E-state index contributed by atoms with van der Waals surface area (Å²) < 4.78 is 0. The van der Waals surface area contributed by atoms with Crippen molar-refractivity contribution < 1.29 is 0 Å². The molecule has 0 amide bonds. The van der Waals surface area contributed by atoms with E-state index in [1.807, 2.05) is 6.07 Å². The molecule has 0 bridgehead atoms. The zero-order valence-electron chi connectivity index (χ0n) is 7.66. The Morgan fingerprint density at radius 2 is 2.00 bits per heavy atom. The van der Waals surface area contributed by atoms with Crippen molar-refractivity contribution in [2.45, 2.75) is 19.4 Å². The summed E-state index contributed by atoms with van der Waals surface area (Å²) in [7, 11) is 0. The van der Waals surface area contributed by atoms with Gasteiger partial charge in [0.15, 0.2) is 0 Å². The number of hydrogen-bond acceptors (Lipinski definition) is 1. The molecule has 0 saturated carbocycles. The number of hydrogen-bond donors (Lipinski definition) is 1. The fraction of sp³-hybridized carbons (Fsp3) is 0.364. The van der Waals surface area contributed by atoms with Crippen molar-refractivity contribution in [2.75, 3.05) is 0 Å². The molecule has 1 heterocycles. The van der Waals surface area contributed by atoms with Gasteiger partial charge in [-0.25, -0.2) is 0 Å². The van der Waals surface area contributed by atoms with Crippen LogP contribution in [0.2, 0.25) is 0 Å². The largest absolute Gasteiger partial charge is 0.373 e. The summed E-state index contributed by atoms with van der Waals surface area (Å²) in [6.07, 6.45) is 1.13. The van der Waals surface area contributed by atoms with Crippen LogP contribution in [0.15, 0.2) is 30.3 Å². The van der Waals surface area contributed by atoms with Gasteiger partial charge >= 0.3 is 0 Å². The molecule has 1 aromatic rings. The van der Waals surface area contributed by atoms with E-state index in [4.69, 9.17) is 12.2 Å². The third kappa shape index (κ3) is 1.73. The number of thiocarbonyl (C=S) groups is 1. The Kier molecular flexibility index (Phi) is 2.32. The van der Waals surface area contributed by atoms with E-state index in [2.05, 4.69) is 36.5 Å². The third-order valence-corrected chi connectivity index (χ3v) is 3.08. The van der Waals surface area contributed by atoms with E-state index in [0.29, 0.717) is 12.0 Å². The van der Waals surface area contributed by atoms with Crippen LogP contribution in [0.1, 0.15) is 24.9 Å². The highest BCUT2D eigenvalue weighted by molar-refractivity contribution is 7.80. The highest BCUT2D eigenvalue weighted by atomic mass is 32.1. The van der Waals surface area contributed by atoms with E-state index in [-0.39, 0.29) is 0 Å². The van der Waals surface area contributed by atoms with Crippen molar-refractivity contribution in [1.82, 2.24) is 5.32 Å². The van der Waals surface area contributed by atoms with Gasteiger partial charge in [0.2, 0.25) is 0 Å². The molecule has 13 heavy (non-hydrogen) atoms. The quantitative estimate of drug-likeness (QED) is 0.685. The predicted molar refractivity (Wildman–Crippen MR) is 58.7 cm³/mol. The molecule has 1 aromatic carbocycles. The fourth-order valence-corrected chi connectivity index (χ4v) is 1.98. The van der Waals surface area contributed by atoms with Gasteiger partial charge in [-0.15, -0.1) is 0 Å². The second kappa shape index (κ2) is 3.46. The molecule has 1 fully saturated rings. The van der Waals surface area contributed by atoms with Crippen LogP contribution in [0.3, 0.4) is 0 Å². The van der Waals surface area contributed by atoms with Crippen LogP contribution >= 0.6 is 12.2 Å². The minimum Gasteiger partial charge on any atom is -0.373 e. The second-order valence-electron chi connectivity index (χ2n) is 3.61. The van der Waals surface area contributed by atoms with Crippen LogP contribution in [-0.2, 0) is 0 Å². The van der Waals surface area contributed by atoms with Gasteiger partial charge in [-0.3, -0.25) is 0 Å². The molecule has 1 aliphatic heterocycles. The van der Waals surface area contributed by atoms with Crippen LogP contribution in [0, 0.1) is 5.92 Å². The molecule has 1 aliphatic rings. The lowest BCUT2D eigenvalue weighted by Gasteiger charge is -2.09. The lowest BCUT2D eigenvalue weighted by atomic mass is 10.0. The summed E-state index contributed by atoms with van der Waals surface area (Å²) in [5.74, 6) is 0.528. The average molecular weight is 191 g/mol. The minimum absolute atomic E-state index is 0.434. The molecule has 0 spiro atoms. The molecule has 0 radical (unpaired) electrons. The van der Waals surface area contributed by atoms with Crippen molar-refractivity contribution in [1.29, 1.82) is 0 Å². The lowest BCUT2D eigenvalue weighted by Crippen LogP contribution is -2.18. The summed E-state index contributed by atoms with van der Waals surface area (Å²) in [4.78, 5) is 1.01. The summed E-state index contributed by atoms with van der Waals surface area (Å²) >= 11 is 5.21. The van der Waals surface area contributed by atoms with E-state index >= 15 is 0 Å². The molecule has 2 atom stereocenters. The van der Waals surface area contributed by atoms with Crippen LogP contribution in [0.25, 0.3) is 0 Å². The molecular weight excluding hydrogens is 178 g/mol. The summed E-state index contributed by atoms with van der Waals surface area (Å²) in [6.45, 7) is 2.18. The highest BCUT2D eigenvalue weighted by Crippen LogP contribution is 2.27. The molecule has 2 rings (SSSR count). The SMILES string of the molecule is CC1CC(c2ccccc2)NC1=S. The number of nitrogens with one attached hydrogen (secondary N) is 1. The second-order valence-corrected chi connectivity index (χ2v) is 4.05. The van der Waals surface area contributed by atoms with Crippen LogP contribution in [0.5, 0.6) is 0 Å². The summed E-state index contributed by atoms with van der Waals surface area (Å²) in [6, 6.07) is 10.9. The topological polar surface area (TPSA) is 12.0 Å². The van der Waals surface area contributed by atoms with Crippen LogP contribution in [0.4, 0.5) is 0 Å². The predicted octanol–water partition coefficient (Wildman–Crippen LogP) is 2.68. The Labute approximate surface area is 84.2 Å². The molecule has 2 unspecified atom stereocenters. The maximum absolute atomic E-state index is 5.21. The maximum Gasteiger partial charge on any atom is 0.0787 e. The Morgan fingerprint density at radius 1 is 1.31 bits per heavy atom. The maximum atomic E-state index is 5.21. The Bertz CT molecular complexity index is 307. The van der Waals surface area contributed by atoms with Crippen molar-refractivity contribution in [3.63, 3.8) is 0 Å². The van der Waals surface area contributed by atoms with Crippen molar-refractivity contribution in [2.24, 2.45) is 5.92 Å². The Hall–Kier alpha value is -0.890. The smallest absolute Gasteiger partial charge is 0.0787 e. The zero-order chi connectivity index (χ0) is 9.26. The van der Waals surface area contributed by atoms with Gasteiger partial charge in [0.05, 0.1) is 11.0 Å². The fourth-order valence-electron chi connectivity index (χ4n) is 1.74. The van der Waals surface area contributed by atoms with Crippen LogP contribution < -0.4 is 5.32 Å². The van der Waals surface area contributed by atoms with Crippen molar-refractivity contribution >= 4 is 17.2 Å². The monoisotopic (exact) mass is 191 g/mol. The molecular formula is C11H13NS. The van der Waals surface area contributed by atoms with E-state index in [0.717, 1.165) is 11.4 Å². The van der Waals surface area contributed by atoms with Gasteiger partial charge in [0.1, 0.15) is 0 Å². The van der Waals surface area contributed by atoms with Crippen molar-refractivity contribution in [3.05, 3.63) is 35.9 Å². The highest BCUT2D eigenvalue weighted by Gasteiger charge is 2.25. The molecule has 0 aliphatic carbocycles. The first-order valence-electron chi connectivity index (χ1n) is 4.62. The summed E-state index contributed by atoms with van der Waals surface area (Å²) in [5.41, 5.74) is 1.34. The summed E-state index contributed by atoms with van der Waals surface area (Å²) in [5, 5.41) is 3.35. The minimum atomic E-state index is 0.434. The first-order valence-corrected chi connectivity index (χ1v) is 5.03. The van der Waals surface area contributed by atoms with Gasteiger partial charge in [0.25, 0.3) is 0 Å². The number of benzene rings is 1. The Morgan fingerprint density at radius 3 is 2.54 bits per heavy atom. The normalized spacial score (nSPS) is 27.3. The first kappa shape index (κ1) is 8.70. The Balaban J connectivity index is 2.17. The zero-order valence-corrected chi connectivity index (χ0v) is 8.47. The molecule has 0 aromatic heterocycles. The molecule has 2 heteroatoms. The van der Waals surface area contributed by atoms with E-state index in [1.165, 1.54) is 5.56 Å². The van der Waals surface area contributed by atoms with E-state index < -0.39 is 0 Å². The third-order valence-electron chi connectivity index (χ3n) is 2.56. The molecule has 1 saturated heterocycles. The standard InChI is InChI=1S/C11H13NS/c1-8-7-10(12-11(8)13)9-5-3-2-4-6-9/h2-6,8,10H,7H2,1H3,(H,12,13). The van der Waals surface area contributed by atoms with Crippen LogP contribution in [-0.4, -0.2) is 4.99 Å². The van der Waals surface area contributed by atoms with Gasteiger partial charge in [-0.05, 0) is 12.0 Å². The van der Waals surface area contributed by atoms with Gasteiger partial charge in [0, 0.05) is 5.92 Å². The molecule has 1 nitrogen and oxygen atoms in total. The van der Waals surface area contributed by atoms with E-state index in [9.17, 15) is 0 Å². The van der Waals surface area contributed by atoms with Gasteiger partial charge in [-0.2, -0.15) is 0 Å². The molecule has 68 valence electrons. The molecule has 1 N–H and O–H groups in total. The van der Waals surface area contributed by atoms with E-state index in [1.54, 1.807) is 0 Å².